The van der Waals surface area contributed by atoms with E-state index in [-0.39, 0.29) is 24.7 Å². The average Bonchev–Trinajstić information content (AvgIpc) is 2.39. The van der Waals surface area contributed by atoms with Crippen molar-refractivity contribution < 1.29 is 22.1 Å². The molecule has 6 heteroatoms. The molecule has 0 unspecified atom stereocenters. The lowest BCUT2D eigenvalue weighted by Crippen LogP contribution is -2.10. The molecule has 0 N–H and O–H groups in total. The number of carbonyl (C=O) groups is 1. The Bertz CT molecular complexity index is 496. The van der Waals surface area contributed by atoms with Crippen LogP contribution in [0.5, 0.6) is 0 Å². The van der Waals surface area contributed by atoms with Gasteiger partial charge in [0.15, 0.2) is 0 Å². The van der Waals surface area contributed by atoms with Gasteiger partial charge in [-0.15, -0.1) is 0 Å². The van der Waals surface area contributed by atoms with E-state index in [0.29, 0.717) is 25.0 Å². The molecule has 112 valence electrons. The van der Waals surface area contributed by atoms with Crippen molar-refractivity contribution in [1.82, 2.24) is 0 Å². The van der Waals surface area contributed by atoms with Crippen LogP contribution in [0.1, 0.15) is 31.7 Å². The van der Waals surface area contributed by atoms with Crippen LogP contribution in [0, 0.1) is 0 Å². The fourth-order valence-corrected chi connectivity index (χ4v) is 2.67. The Morgan fingerprint density at radius 2 is 1.85 bits per heavy atom. The molecule has 0 saturated carbocycles. The predicted molar refractivity (Wildman–Crippen MR) is 75.5 cm³/mol. The number of unbranched alkanes of at least 4 members (excludes halogenated alkanes) is 1. The van der Waals surface area contributed by atoms with Gasteiger partial charge in [-0.05, 0) is 25.3 Å². The molecule has 20 heavy (non-hydrogen) atoms. The van der Waals surface area contributed by atoms with E-state index >= 15 is 0 Å². The first-order valence-electron chi connectivity index (χ1n) is 6.60. The highest BCUT2D eigenvalue weighted by Gasteiger charge is 2.12. The Balaban J connectivity index is 2.22. The molecule has 1 rings (SSSR count). The summed E-state index contributed by atoms with van der Waals surface area (Å²) in [5.74, 6) is -0.397. The van der Waals surface area contributed by atoms with Gasteiger partial charge in [0.1, 0.15) is 5.75 Å². The quantitative estimate of drug-likeness (QED) is 0.397. The molecule has 0 aromatic heterocycles. The fraction of sp³-hybridized carbons (Fsp3) is 0.500. The number of hydrogen-bond acceptors (Lipinski definition) is 5. The van der Waals surface area contributed by atoms with E-state index in [9.17, 15) is 13.2 Å². The summed E-state index contributed by atoms with van der Waals surface area (Å²) in [4.78, 5) is 11.1. The van der Waals surface area contributed by atoms with Gasteiger partial charge in [-0.2, -0.15) is 8.42 Å². The van der Waals surface area contributed by atoms with Gasteiger partial charge < -0.3 is 4.74 Å². The number of hydrogen-bond donors (Lipinski definition) is 0. The van der Waals surface area contributed by atoms with Gasteiger partial charge in [0.05, 0.1) is 13.2 Å². The van der Waals surface area contributed by atoms with Crippen molar-refractivity contribution in [3.8, 4) is 0 Å². The largest absolute Gasteiger partial charge is 0.466 e. The number of ether oxygens (including phenoxy) is 1. The minimum atomic E-state index is -3.56. The minimum Gasteiger partial charge on any atom is -0.466 e. The van der Waals surface area contributed by atoms with E-state index in [2.05, 4.69) is 0 Å². The monoisotopic (exact) mass is 300 g/mol. The Labute approximate surface area is 120 Å². The molecule has 0 atom stereocenters. The van der Waals surface area contributed by atoms with Gasteiger partial charge in [-0.1, -0.05) is 30.3 Å². The zero-order valence-electron chi connectivity index (χ0n) is 11.6. The Hall–Kier alpha value is -1.40. The Morgan fingerprint density at radius 3 is 2.50 bits per heavy atom. The summed E-state index contributed by atoms with van der Waals surface area (Å²) < 4.78 is 33.0. The summed E-state index contributed by atoms with van der Waals surface area (Å²) in [6.45, 7) is 2.20. The molecule has 0 aliphatic rings. The van der Waals surface area contributed by atoms with E-state index in [1.807, 2.05) is 6.07 Å². The van der Waals surface area contributed by atoms with E-state index in [4.69, 9.17) is 8.92 Å². The van der Waals surface area contributed by atoms with Gasteiger partial charge in [0.25, 0.3) is 10.1 Å². The van der Waals surface area contributed by atoms with Crippen LogP contribution in [0.4, 0.5) is 0 Å². The summed E-state index contributed by atoms with van der Waals surface area (Å²) >= 11 is 0. The molecule has 0 aliphatic carbocycles. The zero-order valence-corrected chi connectivity index (χ0v) is 12.4. The molecule has 0 heterocycles. The predicted octanol–water partition coefficient (Wildman–Crippen LogP) is 2.27. The third-order valence-electron chi connectivity index (χ3n) is 2.53. The molecule has 0 spiro atoms. The van der Waals surface area contributed by atoms with Gasteiger partial charge in [-0.25, -0.2) is 0 Å². The van der Waals surface area contributed by atoms with Crippen LogP contribution in [0.25, 0.3) is 0 Å². The van der Waals surface area contributed by atoms with Crippen molar-refractivity contribution in [2.24, 2.45) is 0 Å². The lowest BCUT2D eigenvalue weighted by Gasteiger charge is -2.05. The normalized spacial score (nSPS) is 11.2. The van der Waals surface area contributed by atoms with Crippen molar-refractivity contribution >= 4 is 16.1 Å². The second-order valence-electron chi connectivity index (χ2n) is 4.27. The second kappa shape index (κ2) is 8.71. The Kier molecular flexibility index (Phi) is 7.25. The van der Waals surface area contributed by atoms with Crippen LogP contribution in [0.15, 0.2) is 30.3 Å². The minimum absolute atomic E-state index is 0.0918. The number of benzene rings is 1. The fourth-order valence-electron chi connectivity index (χ4n) is 1.61. The van der Waals surface area contributed by atoms with E-state index in [1.54, 1.807) is 31.2 Å². The summed E-state index contributed by atoms with van der Waals surface area (Å²) in [5.41, 5.74) is 0.694. The van der Waals surface area contributed by atoms with Crippen LogP contribution < -0.4 is 0 Å². The highest BCUT2D eigenvalue weighted by Crippen LogP contribution is 2.08. The first-order valence-corrected chi connectivity index (χ1v) is 8.18. The van der Waals surface area contributed by atoms with Crippen LogP contribution in [-0.2, 0) is 29.6 Å². The highest BCUT2D eigenvalue weighted by molar-refractivity contribution is 7.85. The third-order valence-corrected chi connectivity index (χ3v) is 3.74. The summed E-state index contributed by atoms with van der Waals surface area (Å²) in [5, 5.41) is 0. The Morgan fingerprint density at radius 1 is 1.15 bits per heavy atom. The zero-order chi connectivity index (χ0) is 14.8. The molecule has 1 aromatic carbocycles. The van der Waals surface area contributed by atoms with Gasteiger partial charge in [0, 0.05) is 6.42 Å². The molecular formula is C14H20O5S. The first kappa shape index (κ1) is 16.7. The maximum absolute atomic E-state index is 11.7. The molecular weight excluding hydrogens is 280 g/mol. The van der Waals surface area contributed by atoms with E-state index in [0.717, 1.165) is 0 Å². The molecule has 0 aliphatic heterocycles. The summed E-state index contributed by atoms with van der Waals surface area (Å²) in [6, 6.07) is 8.87. The van der Waals surface area contributed by atoms with E-state index in [1.165, 1.54) is 0 Å². The average molecular weight is 300 g/mol. The second-order valence-corrected chi connectivity index (χ2v) is 5.91. The van der Waals surface area contributed by atoms with Crippen LogP contribution in [0.2, 0.25) is 0 Å². The number of carbonyl (C=O) groups excluding carboxylic acids is 1. The number of rotatable bonds is 9. The SMILES string of the molecule is CCOC(=O)CCCCOS(=O)(=O)Cc1ccccc1. The third kappa shape index (κ3) is 7.25. The maximum atomic E-state index is 11.7. The molecule has 0 amide bonds. The molecule has 5 nitrogen and oxygen atoms in total. The maximum Gasteiger partial charge on any atom is 0.305 e. The molecule has 0 fully saturated rings. The van der Waals surface area contributed by atoms with Crippen LogP contribution in [0.3, 0.4) is 0 Å². The van der Waals surface area contributed by atoms with Gasteiger partial charge in [0.2, 0.25) is 0 Å². The van der Waals surface area contributed by atoms with Crippen molar-refractivity contribution in [3.63, 3.8) is 0 Å². The standard InChI is InChI=1S/C14H20O5S/c1-2-18-14(15)10-6-7-11-19-20(16,17)12-13-8-4-3-5-9-13/h3-5,8-9H,2,6-7,10-12H2,1H3. The smallest absolute Gasteiger partial charge is 0.305 e. The summed E-state index contributed by atoms with van der Waals surface area (Å²) in [7, 11) is -3.56. The van der Waals surface area contributed by atoms with Crippen molar-refractivity contribution in [2.45, 2.75) is 31.9 Å². The molecule has 1 aromatic rings. The molecule has 0 radical (unpaired) electrons. The lowest BCUT2D eigenvalue weighted by molar-refractivity contribution is -0.143. The van der Waals surface area contributed by atoms with Crippen molar-refractivity contribution in [1.29, 1.82) is 0 Å². The molecule has 0 bridgehead atoms. The topological polar surface area (TPSA) is 69.7 Å². The van der Waals surface area contributed by atoms with Crippen LogP contribution in [-0.4, -0.2) is 27.6 Å². The lowest BCUT2D eigenvalue weighted by atomic mass is 10.2. The summed E-state index contributed by atoms with van der Waals surface area (Å²) in [6.07, 6.45) is 1.35. The van der Waals surface area contributed by atoms with Crippen molar-refractivity contribution in [2.75, 3.05) is 13.2 Å². The van der Waals surface area contributed by atoms with Gasteiger partial charge >= 0.3 is 5.97 Å². The molecule has 0 saturated heterocycles. The highest BCUT2D eigenvalue weighted by atomic mass is 32.2. The van der Waals surface area contributed by atoms with Crippen LogP contribution >= 0.6 is 0 Å². The number of esters is 1. The first-order chi connectivity index (χ1) is 9.53. The van der Waals surface area contributed by atoms with Crippen molar-refractivity contribution in [3.05, 3.63) is 35.9 Å². The van der Waals surface area contributed by atoms with E-state index < -0.39 is 10.1 Å². The van der Waals surface area contributed by atoms with Gasteiger partial charge in [-0.3, -0.25) is 8.98 Å².